The fourth-order valence-corrected chi connectivity index (χ4v) is 3.13. The summed E-state index contributed by atoms with van der Waals surface area (Å²) < 4.78 is 5.96. The van der Waals surface area contributed by atoms with Gasteiger partial charge in [0.25, 0.3) is 0 Å². The van der Waals surface area contributed by atoms with Gasteiger partial charge in [-0.2, -0.15) is 0 Å². The highest BCUT2D eigenvalue weighted by atomic mass is 16.5. The molecule has 1 heterocycles. The molecule has 23 heavy (non-hydrogen) atoms. The average Bonchev–Trinajstić information content (AvgIpc) is 2.58. The third-order valence-electron chi connectivity index (χ3n) is 4.34. The molecule has 1 N–H and O–H groups in total. The van der Waals surface area contributed by atoms with Crippen molar-refractivity contribution in [2.24, 2.45) is 0 Å². The Morgan fingerprint density at radius 3 is 2.74 bits per heavy atom. The molecular formula is C20H16O3. The Kier molecular flexibility index (Phi) is 3.27. The van der Waals surface area contributed by atoms with Gasteiger partial charge in [-0.15, -0.1) is 0 Å². The first-order valence-electron chi connectivity index (χ1n) is 7.73. The van der Waals surface area contributed by atoms with Gasteiger partial charge in [0.1, 0.15) is 17.6 Å². The van der Waals surface area contributed by atoms with E-state index in [1.54, 1.807) is 18.2 Å². The summed E-state index contributed by atoms with van der Waals surface area (Å²) >= 11 is 0. The number of carbonyl (C=O) groups excluding carboxylic acids is 1. The van der Waals surface area contributed by atoms with Crippen molar-refractivity contribution in [3.8, 4) is 11.5 Å². The van der Waals surface area contributed by atoms with Crippen LogP contribution in [0.15, 0.2) is 59.7 Å². The summed E-state index contributed by atoms with van der Waals surface area (Å²) in [7, 11) is 0. The number of carbonyl (C=O) groups is 1. The second kappa shape index (κ2) is 5.43. The highest BCUT2D eigenvalue weighted by Gasteiger charge is 2.33. The number of fused-ring (bicyclic) bond motifs is 2. The lowest BCUT2D eigenvalue weighted by Gasteiger charge is -2.31. The highest BCUT2D eigenvalue weighted by Crippen LogP contribution is 2.37. The second-order valence-electron chi connectivity index (χ2n) is 5.84. The summed E-state index contributed by atoms with van der Waals surface area (Å²) in [6.07, 6.45) is 4.97. The van der Waals surface area contributed by atoms with Crippen molar-refractivity contribution in [1.29, 1.82) is 0 Å². The van der Waals surface area contributed by atoms with E-state index < -0.39 is 0 Å². The van der Waals surface area contributed by atoms with Crippen LogP contribution in [0.25, 0.3) is 12.2 Å². The van der Waals surface area contributed by atoms with Crippen LogP contribution in [-0.4, -0.2) is 17.0 Å². The lowest BCUT2D eigenvalue weighted by atomic mass is 9.83. The topological polar surface area (TPSA) is 46.5 Å². The van der Waals surface area contributed by atoms with E-state index in [1.165, 1.54) is 0 Å². The Morgan fingerprint density at radius 1 is 1.09 bits per heavy atom. The fourth-order valence-electron chi connectivity index (χ4n) is 3.13. The molecule has 114 valence electrons. The summed E-state index contributed by atoms with van der Waals surface area (Å²) in [4.78, 5) is 12.8. The standard InChI is InChI=1S/C20H16O3/c21-17-7-3-1-5-13(17)11-15-9-10-19-16(20(15)22)12-14-6-2-4-8-18(14)23-19/h1-8,11-12,19,21H,9-10H2/b15-11+. The number of phenols is 1. The maximum absolute atomic E-state index is 12.8. The van der Waals surface area contributed by atoms with Crippen LogP contribution in [0.1, 0.15) is 24.0 Å². The van der Waals surface area contributed by atoms with Crippen molar-refractivity contribution >= 4 is 17.9 Å². The van der Waals surface area contributed by atoms with Crippen molar-refractivity contribution in [3.63, 3.8) is 0 Å². The minimum Gasteiger partial charge on any atom is -0.507 e. The van der Waals surface area contributed by atoms with Crippen molar-refractivity contribution in [3.05, 3.63) is 70.8 Å². The average molecular weight is 304 g/mol. The summed E-state index contributed by atoms with van der Waals surface area (Å²) in [5.74, 6) is 1.04. The number of allylic oxidation sites excluding steroid dienone is 1. The molecule has 0 saturated heterocycles. The van der Waals surface area contributed by atoms with E-state index in [0.29, 0.717) is 17.6 Å². The Labute approximate surface area is 134 Å². The highest BCUT2D eigenvalue weighted by molar-refractivity contribution is 6.15. The van der Waals surface area contributed by atoms with Crippen LogP contribution >= 0.6 is 0 Å². The lowest BCUT2D eigenvalue weighted by molar-refractivity contribution is -0.113. The van der Waals surface area contributed by atoms with Gasteiger partial charge in [0, 0.05) is 22.3 Å². The predicted octanol–water partition coefficient (Wildman–Crippen LogP) is 3.98. The van der Waals surface area contributed by atoms with E-state index in [0.717, 1.165) is 23.3 Å². The molecule has 4 rings (SSSR count). The molecular weight excluding hydrogens is 288 g/mol. The monoisotopic (exact) mass is 304 g/mol. The van der Waals surface area contributed by atoms with Gasteiger partial charge in [0.2, 0.25) is 0 Å². The number of para-hydroxylation sites is 2. The van der Waals surface area contributed by atoms with E-state index in [1.807, 2.05) is 42.5 Å². The quantitative estimate of drug-likeness (QED) is 0.811. The zero-order valence-corrected chi connectivity index (χ0v) is 12.5. The van der Waals surface area contributed by atoms with E-state index in [9.17, 15) is 9.90 Å². The minimum absolute atomic E-state index is 0.0130. The molecule has 0 amide bonds. The molecule has 0 bridgehead atoms. The molecule has 0 spiro atoms. The zero-order valence-electron chi connectivity index (χ0n) is 12.5. The molecule has 0 radical (unpaired) electrons. The maximum atomic E-state index is 12.8. The van der Waals surface area contributed by atoms with E-state index in [4.69, 9.17) is 4.74 Å². The van der Waals surface area contributed by atoms with Crippen LogP contribution in [0.4, 0.5) is 0 Å². The molecule has 1 aliphatic heterocycles. The van der Waals surface area contributed by atoms with Crippen molar-refractivity contribution in [1.82, 2.24) is 0 Å². The van der Waals surface area contributed by atoms with Gasteiger partial charge in [-0.3, -0.25) is 4.79 Å². The van der Waals surface area contributed by atoms with Crippen LogP contribution in [-0.2, 0) is 4.79 Å². The van der Waals surface area contributed by atoms with Gasteiger partial charge in [-0.25, -0.2) is 0 Å². The Bertz CT molecular complexity index is 845. The van der Waals surface area contributed by atoms with Crippen molar-refractivity contribution < 1.29 is 14.6 Å². The number of phenolic OH excluding ortho intramolecular Hbond substituents is 1. The van der Waals surface area contributed by atoms with Crippen molar-refractivity contribution in [2.75, 3.05) is 0 Å². The summed E-state index contributed by atoms with van der Waals surface area (Å²) in [6.45, 7) is 0. The SMILES string of the molecule is O=C1C2=Cc3ccccc3OC2CC/C1=C\c1ccccc1O. The number of Topliss-reactive ketones (excluding diaryl/α,β-unsaturated/α-hetero) is 1. The molecule has 2 aromatic carbocycles. The predicted molar refractivity (Wildman–Crippen MR) is 89.2 cm³/mol. The first-order valence-corrected chi connectivity index (χ1v) is 7.73. The molecule has 3 heteroatoms. The van der Waals surface area contributed by atoms with Gasteiger partial charge in [0.05, 0.1) is 0 Å². The Hall–Kier alpha value is -2.81. The fraction of sp³-hybridized carbons (Fsp3) is 0.150. The normalized spacial score (nSPS) is 21.2. The second-order valence-corrected chi connectivity index (χ2v) is 5.84. The number of aromatic hydroxyl groups is 1. The smallest absolute Gasteiger partial charge is 0.188 e. The number of benzene rings is 2. The molecule has 3 nitrogen and oxygen atoms in total. The Balaban J connectivity index is 1.72. The number of hydrogen-bond acceptors (Lipinski definition) is 3. The Morgan fingerprint density at radius 2 is 1.87 bits per heavy atom. The molecule has 1 atom stereocenters. The number of hydrogen-bond donors (Lipinski definition) is 1. The van der Waals surface area contributed by atoms with Crippen LogP contribution in [0.2, 0.25) is 0 Å². The first kappa shape index (κ1) is 13.8. The van der Waals surface area contributed by atoms with Crippen LogP contribution in [0, 0.1) is 0 Å². The summed E-state index contributed by atoms with van der Waals surface area (Å²) in [6, 6.07) is 14.8. The third kappa shape index (κ3) is 2.44. The molecule has 1 aliphatic carbocycles. The minimum atomic E-state index is -0.168. The number of ether oxygens (including phenoxy) is 1. The molecule has 1 saturated carbocycles. The van der Waals surface area contributed by atoms with Gasteiger partial charge in [-0.1, -0.05) is 36.4 Å². The first-order chi connectivity index (χ1) is 11.2. The lowest BCUT2D eigenvalue weighted by Crippen LogP contribution is -2.32. The van der Waals surface area contributed by atoms with E-state index in [2.05, 4.69) is 0 Å². The van der Waals surface area contributed by atoms with E-state index >= 15 is 0 Å². The third-order valence-corrected chi connectivity index (χ3v) is 4.34. The van der Waals surface area contributed by atoms with Gasteiger partial charge < -0.3 is 9.84 Å². The summed E-state index contributed by atoms with van der Waals surface area (Å²) in [5.41, 5.74) is 3.04. The molecule has 0 aromatic heterocycles. The van der Waals surface area contributed by atoms with E-state index in [-0.39, 0.29) is 17.6 Å². The molecule has 2 aromatic rings. The number of rotatable bonds is 1. The van der Waals surface area contributed by atoms with Gasteiger partial charge >= 0.3 is 0 Å². The van der Waals surface area contributed by atoms with Gasteiger partial charge in [0.15, 0.2) is 5.78 Å². The van der Waals surface area contributed by atoms with Gasteiger partial charge in [-0.05, 0) is 37.1 Å². The molecule has 1 fully saturated rings. The maximum Gasteiger partial charge on any atom is 0.188 e. The molecule has 1 unspecified atom stereocenters. The van der Waals surface area contributed by atoms with Crippen molar-refractivity contribution in [2.45, 2.75) is 18.9 Å². The summed E-state index contributed by atoms with van der Waals surface area (Å²) in [5, 5.41) is 9.89. The number of ketones is 1. The van der Waals surface area contributed by atoms with Crippen LogP contribution < -0.4 is 4.74 Å². The zero-order chi connectivity index (χ0) is 15.8. The largest absolute Gasteiger partial charge is 0.507 e. The molecule has 2 aliphatic rings. The van der Waals surface area contributed by atoms with Crippen LogP contribution in [0.5, 0.6) is 11.5 Å². The van der Waals surface area contributed by atoms with Crippen LogP contribution in [0.3, 0.4) is 0 Å².